The van der Waals surface area contributed by atoms with Gasteiger partial charge in [-0.3, -0.25) is 4.79 Å². The molecule has 0 radical (unpaired) electrons. The third kappa shape index (κ3) is 3.54. The van der Waals surface area contributed by atoms with Crippen molar-refractivity contribution in [3.8, 4) is 5.69 Å². The highest BCUT2D eigenvalue weighted by molar-refractivity contribution is 5.76. The van der Waals surface area contributed by atoms with Gasteiger partial charge in [0.05, 0.1) is 17.9 Å². The van der Waals surface area contributed by atoms with Gasteiger partial charge in [-0.1, -0.05) is 24.6 Å². The number of rotatable bonds is 5. The van der Waals surface area contributed by atoms with E-state index in [1.165, 1.54) is 0 Å². The molecule has 3 rings (SSSR count). The molecule has 1 aliphatic rings. The second kappa shape index (κ2) is 6.75. The summed E-state index contributed by atoms with van der Waals surface area (Å²) in [4.78, 5) is 12.0. The molecule has 1 fully saturated rings. The van der Waals surface area contributed by atoms with E-state index in [1.807, 2.05) is 47.3 Å². The summed E-state index contributed by atoms with van der Waals surface area (Å²) in [7, 11) is 0. The number of carbonyl (C=O) groups is 1. The number of benzene rings is 1. The number of nitrogens with two attached hydrogens (primary N) is 1. The van der Waals surface area contributed by atoms with E-state index in [0.717, 1.165) is 30.6 Å². The van der Waals surface area contributed by atoms with Gasteiger partial charge in [0.15, 0.2) is 0 Å². The molecule has 1 aromatic carbocycles. The standard InChI is InChI=1S/C17H22N4O/c18-16-8-4-5-13(16)11-17(22)19-12-14-9-10-21(20-14)15-6-2-1-3-7-15/h1-3,6-7,9-10,13,16H,4-5,8,11-12,18H2,(H,19,22)/t13-,16+/m0/s1. The lowest BCUT2D eigenvalue weighted by molar-refractivity contribution is -0.122. The Hall–Kier alpha value is -2.14. The van der Waals surface area contributed by atoms with Crippen LogP contribution in [0.15, 0.2) is 42.6 Å². The molecule has 2 atom stereocenters. The molecule has 0 bridgehead atoms. The molecule has 1 amide bonds. The summed E-state index contributed by atoms with van der Waals surface area (Å²) >= 11 is 0. The van der Waals surface area contributed by atoms with Crippen molar-refractivity contribution in [3.63, 3.8) is 0 Å². The van der Waals surface area contributed by atoms with Gasteiger partial charge in [-0.15, -0.1) is 0 Å². The van der Waals surface area contributed by atoms with Crippen LogP contribution < -0.4 is 11.1 Å². The van der Waals surface area contributed by atoms with Crippen molar-refractivity contribution in [2.45, 2.75) is 38.3 Å². The molecule has 0 saturated heterocycles. The van der Waals surface area contributed by atoms with Crippen molar-refractivity contribution in [2.75, 3.05) is 0 Å². The Labute approximate surface area is 130 Å². The Kier molecular flexibility index (Phi) is 4.53. The number of hydrogen-bond acceptors (Lipinski definition) is 3. The van der Waals surface area contributed by atoms with Crippen LogP contribution in [-0.4, -0.2) is 21.7 Å². The highest BCUT2D eigenvalue weighted by Gasteiger charge is 2.25. The van der Waals surface area contributed by atoms with E-state index in [-0.39, 0.29) is 11.9 Å². The van der Waals surface area contributed by atoms with E-state index < -0.39 is 0 Å². The van der Waals surface area contributed by atoms with Gasteiger partial charge in [-0.2, -0.15) is 5.10 Å². The molecule has 1 saturated carbocycles. The summed E-state index contributed by atoms with van der Waals surface area (Å²) in [6.45, 7) is 0.459. The van der Waals surface area contributed by atoms with Crippen LogP contribution in [0.5, 0.6) is 0 Å². The fourth-order valence-corrected chi connectivity index (χ4v) is 3.00. The second-order valence-corrected chi connectivity index (χ2v) is 5.92. The Morgan fingerprint density at radius 2 is 2.09 bits per heavy atom. The van der Waals surface area contributed by atoms with Crippen LogP contribution in [-0.2, 0) is 11.3 Å². The van der Waals surface area contributed by atoms with Crippen LogP contribution >= 0.6 is 0 Å². The minimum Gasteiger partial charge on any atom is -0.350 e. The minimum atomic E-state index is 0.0663. The first-order valence-electron chi connectivity index (χ1n) is 7.84. The van der Waals surface area contributed by atoms with Crippen LogP contribution in [0.25, 0.3) is 5.69 Å². The molecular formula is C17H22N4O. The van der Waals surface area contributed by atoms with Gasteiger partial charge >= 0.3 is 0 Å². The van der Waals surface area contributed by atoms with E-state index in [4.69, 9.17) is 5.73 Å². The predicted molar refractivity (Wildman–Crippen MR) is 85.3 cm³/mol. The van der Waals surface area contributed by atoms with E-state index in [9.17, 15) is 4.79 Å². The van der Waals surface area contributed by atoms with Crippen LogP contribution in [0.3, 0.4) is 0 Å². The van der Waals surface area contributed by atoms with Crippen LogP contribution in [0.1, 0.15) is 31.4 Å². The van der Waals surface area contributed by atoms with Crippen molar-refractivity contribution in [2.24, 2.45) is 11.7 Å². The van der Waals surface area contributed by atoms with Crippen LogP contribution in [0, 0.1) is 5.92 Å². The first kappa shape index (κ1) is 14.8. The van der Waals surface area contributed by atoms with Gasteiger partial charge in [-0.25, -0.2) is 4.68 Å². The summed E-state index contributed by atoms with van der Waals surface area (Å²) in [6, 6.07) is 12.0. The minimum absolute atomic E-state index is 0.0663. The molecule has 116 valence electrons. The van der Waals surface area contributed by atoms with Crippen molar-refractivity contribution in [1.82, 2.24) is 15.1 Å². The van der Waals surface area contributed by atoms with Crippen LogP contribution in [0.4, 0.5) is 0 Å². The molecular weight excluding hydrogens is 276 g/mol. The normalized spacial score (nSPS) is 21.0. The highest BCUT2D eigenvalue weighted by Crippen LogP contribution is 2.26. The summed E-state index contributed by atoms with van der Waals surface area (Å²) < 4.78 is 1.81. The van der Waals surface area contributed by atoms with E-state index in [2.05, 4.69) is 10.4 Å². The van der Waals surface area contributed by atoms with Gasteiger partial charge in [0.25, 0.3) is 0 Å². The molecule has 0 aliphatic heterocycles. The third-order valence-electron chi connectivity index (χ3n) is 4.30. The summed E-state index contributed by atoms with van der Waals surface area (Å²) in [6.07, 6.45) is 5.68. The Bertz CT molecular complexity index is 623. The predicted octanol–water partition coefficient (Wildman–Crippen LogP) is 2.01. The van der Waals surface area contributed by atoms with Crippen molar-refractivity contribution >= 4 is 5.91 Å². The SMILES string of the molecule is N[C@@H]1CCC[C@H]1CC(=O)NCc1ccn(-c2ccccc2)n1. The number of aromatic nitrogens is 2. The molecule has 0 spiro atoms. The molecule has 2 aromatic rings. The van der Waals surface area contributed by atoms with Gasteiger partial charge in [-0.05, 0) is 37.0 Å². The summed E-state index contributed by atoms with van der Waals surface area (Å²) in [5.41, 5.74) is 7.87. The number of amides is 1. The maximum atomic E-state index is 12.0. The quantitative estimate of drug-likeness (QED) is 0.887. The molecule has 3 N–H and O–H groups in total. The maximum absolute atomic E-state index is 12.0. The Morgan fingerprint density at radius 1 is 1.27 bits per heavy atom. The zero-order valence-electron chi connectivity index (χ0n) is 12.6. The summed E-state index contributed by atoms with van der Waals surface area (Å²) in [5, 5.41) is 7.42. The lowest BCUT2D eigenvalue weighted by Crippen LogP contribution is -2.31. The first-order chi connectivity index (χ1) is 10.7. The average Bonchev–Trinajstić information content (AvgIpc) is 3.16. The largest absolute Gasteiger partial charge is 0.350 e. The number of nitrogens with zero attached hydrogens (tertiary/aromatic N) is 2. The number of nitrogens with one attached hydrogen (secondary N) is 1. The molecule has 1 heterocycles. The van der Waals surface area contributed by atoms with E-state index >= 15 is 0 Å². The zero-order valence-corrected chi connectivity index (χ0v) is 12.6. The second-order valence-electron chi connectivity index (χ2n) is 5.92. The fraction of sp³-hybridized carbons (Fsp3) is 0.412. The lowest BCUT2D eigenvalue weighted by Gasteiger charge is -2.14. The fourth-order valence-electron chi connectivity index (χ4n) is 3.00. The average molecular weight is 298 g/mol. The highest BCUT2D eigenvalue weighted by atomic mass is 16.1. The Balaban J connectivity index is 1.51. The lowest BCUT2D eigenvalue weighted by atomic mass is 10.00. The third-order valence-corrected chi connectivity index (χ3v) is 4.30. The molecule has 1 aliphatic carbocycles. The molecule has 22 heavy (non-hydrogen) atoms. The zero-order chi connectivity index (χ0) is 15.4. The monoisotopic (exact) mass is 298 g/mol. The van der Waals surface area contributed by atoms with Crippen molar-refractivity contribution < 1.29 is 4.79 Å². The van der Waals surface area contributed by atoms with Crippen LogP contribution in [0.2, 0.25) is 0 Å². The first-order valence-corrected chi connectivity index (χ1v) is 7.84. The summed E-state index contributed by atoms with van der Waals surface area (Å²) in [5.74, 6) is 0.401. The topological polar surface area (TPSA) is 72.9 Å². The van der Waals surface area contributed by atoms with Crippen molar-refractivity contribution in [1.29, 1.82) is 0 Å². The number of carbonyl (C=O) groups excluding carboxylic acids is 1. The van der Waals surface area contributed by atoms with E-state index in [0.29, 0.717) is 18.9 Å². The van der Waals surface area contributed by atoms with Gasteiger partial charge < -0.3 is 11.1 Å². The molecule has 1 aromatic heterocycles. The number of hydrogen-bond donors (Lipinski definition) is 2. The maximum Gasteiger partial charge on any atom is 0.220 e. The smallest absolute Gasteiger partial charge is 0.220 e. The molecule has 5 nitrogen and oxygen atoms in total. The molecule has 0 unspecified atom stereocenters. The van der Waals surface area contributed by atoms with Crippen molar-refractivity contribution in [3.05, 3.63) is 48.3 Å². The molecule has 5 heteroatoms. The van der Waals surface area contributed by atoms with Gasteiger partial charge in [0.1, 0.15) is 0 Å². The number of para-hydroxylation sites is 1. The van der Waals surface area contributed by atoms with Gasteiger partial charge in [0.2, 0.25) is 5.91 Å². The van der Waals surface area contributed by atoms with E-state index in [1.54, 1.807) is 0 Å². The Morgan fingerprint density at radius 3 is 2.82 bits per heavy atom. The van der Waals surface area contributed by atoms with Gasteiger partial charge in [0, 0.05) is 18.7 Å².